The van der Waals surface area contributed by atoms with Gasteiger partial charge in [0.2, 0.25) is 0 Å². The average molecular weight is 196 g/mol. The van der Waals surface area contributed by atoms with Crippen molar-refractivity contribution in [2.45, 2.75) is 6.54 Å². The van der Waals surface area contributed by atoms with Gasteiger partial charge >= 0.3 is 6.03 Å². The van der Waals surface area contributed by atoms with Gasteiger partial charge in [-0.25, -0.2) is 4.79 Å². The Bertz CT molecular complexity index is 274. The zero-order chi connectivity index (χ0) is 9.68. The number of urea groups is 1. The second-order valence-corrected chi connectivity index (χ2v) is 3.27. The summed E-state index contributed by atoms with van der Waals surface area (Å²) in [6.45, 7) is 0.532. The Balaban J connectivity index is 2.40. The van der Waals surface area contributed by atoms with Crippen LogP contribution in [0.15, 0.2) is 30.3 Å². The summed E-state index contributed by atoms with van der Waals surface area (Å²) in [5, 5.41) is 2.71. The first kappa shape index (κ1) is 9.92. The summed E-state index contributed by atoms with van der Waals surface area (Å²) in [6.07, 6.45) is 0. The smallest absolute Gasteiger partial charge is 0.327 e. The van der Waals surface area contributed by atoms with Crippen molar-refractivity contribution >= 4 is 18.8 Å². The Morgan fingerprint density at radius 3 is 2.62 bits per heavy atom. The lowest BCUT2D eigenvalue weighted by atomic mass is 10.2. The van der Waals surface area contributed by atoms with Crippen molar-refractivity contribution in [3.63, 3.8) is 0 Å². The van der Waals surface area contributed by atoms with Crippen LogP contribution in [0.3, 0.4) is 0 Å². The molecule has 1 aromatic rings. The molecule has 13 heavy (non-hydrogen) atoms. The third kappa shape index (κ3) is 3.38. The quantitative estimate of drug-likeness (QED) is 0.693. The Morgan fingerprint density at radius 2 is 2.08 bits per heavy atom. The molecule has 1 N–H and O–H groups in total. The monoisotopic (exact) mass is 196 g/mol. The van der Waals surface area contributed by atoms with Gasteiger partial charge in [0.25, 0.3) is 0 Å². The van der Waals surface area contributed by atoms with Crippen molar-refractivity contribution in [3.8, 4) is 0 Å². The lowest BCUT2D eigenvalue weighted by Crippen LogP contribution is -2.30. The van der Waals surface area contributed by atoms with Gasteiger partial charge in [-0.3, -0.25) is 4.31 Å². The molecule has 0 atom stereocenters. The lowest BCUT2D eigenvalue weighted by molar-refractivity contribution is 0.230. The van der Waals surface area contributed by atoms with E-state index in [4.69, 9.17) is 0 Å². The third-order valence-corrected chi connectivity index (χ3v) is 1.76. The van der Waals surface area contributed by atoms with Crippen LogP contribution in [0.2, 0.25) is 0 Å². The van der Waals surface area contributed by atoms with Gasteiger partial charge in [0, 0.05) is 13.6 Å². The van der Waals surface area contributed by atoms with Crippen LogP contribution < -0.4 is 5.32 Å². The molecule has 0 bridgehead atoms. The number of carbonyl (C=O) groups excluding carboxylic acids is 1. The SMILES string of the molecule is CN(S)C(=O)NCc1ccccc1. The molecule has 4 heteroatoms. The van der Waals surface area contributed by atoms with Crippen molar-refractivity contribution in [1.82, 2.24) is 9.62 Å². The lowest BCUT2D eigenvalue weighted by Gasteiger charge is -2.10. The number of rotatable bonds is 2. The van der Waals surface area contributed by atoms with Crippen LogP contribution >= 0.6 is 12.8 Å². The molecule has 0 saturated heterocycles. The molecule has 1 aromatic carbocycles. The highest BCUT2D eigenvalue weighted by Crippen LogP contribution is 1.98. The molecule has 70 valence electrons. The minimum Gasteiger partial charge on any atom is -0.333 e. The van der Waals surface area contributed by atoms with Gasteiger partial charge in [0.15, 0.2) is 0 Å². The number of benzene rings is 1. The molecule has 0 aliphatic heterocycles. The number of amides is 2. The normalized spacial score (nSPS) is 9.38. The number of hydrogen-bond acceptors (Lipinski definition) is 2. The van der Waals surface area contributed by atoms with Gasteiger partial charge in [-0.15, -0.1) is 0 Å². The summed E-state index contributed by atoms with van der Waals surface area (Å²) in [7, 11) is 1.59. The molecule has 0 spiro atoms. The van der Waals surface area contributed by atoms with E-state index in [1.807, 2.05) is 30.3 Å². The van der Waals surface area contributed by atoms with Crippen LogP contribution in [0.4, 0.5) is 4.79 Å². The van der Waals surface area contributed by atoms with Gasteiger partial charge in [-0.2, -0.15) is 0 Å². The van der Waals surface area contributed by atoms with Gasteiger partial charge < -0.3 is 5.32 Å². The van der Waals surface area contributed by atoms with E-state index in [1.165, 1.54) is 4.31 Å². The number of carbonyl (C=O) groups is 1. The Morgan fingerprint density at radius 1 is 1.46 bits per heavy atom. The maximum absolute atomic E-state index is 11.1. The topological polar surface area (TPSA) is 32.3 Å². The molecule has 0 saturated carbocycles. The van der Waals surface area contributed by atoms with Gasteiger partial charge in [-0.1, -0.05) is 43.1 Å². The first-order valence-corrected chi connectivity index (χ1v) is 4.34. The van der Waals surface area contributed by atoms with Crippen molar-refractivity contribution < 1.29 is 4.79 Å². The Hall–Kier alpha value is -1.16. The molecular formula is C9H12N2OS. The second kappa shape index (κ2) is 4.77. The highest BCUT2D eigenvalue weighted by atomic mass is 32.1. The predicted molar refractivity (Wildman–Crippen MR) is 55.4 cm³/mol. The Labute approximate surface area is 83.3 Å². The summed E-state index contributed by atoms with van der Waals surface area (Å²) in [4.78, 5) is 11.1. The van der Waals surface area contributed by atoms with Crippen LogP contribution in [-0.2, 0) is 6.54 Å². The zero-order valence-corrected chi connectivity index (χ0v) is 8.29. The molecule has 0 aliphatic carbocycles. The Kier molecular flexibility index (Phi) is 3.64. The summed E-state index contributed by atoms with van der Waals surface area (Å²) < 4.78 is 1.21. The van der Waals surface area contributed by atoms with E-state index in [9.17, 15) is 4.79 Å². The molecule has 1 rings (SSSR count). The van der Waals surface area contributed by atoms with Crippen LogP contribution in [0.25, 0.3) is 0 Å². The maximum Gasteiger partial charge on any atom is 0.327 e. The number of thiol groups is 1. The maximum atomic E-state index is 11.1. The highest BCUT2D eigenvalue weighted by molar-refractivity contribution is 7.78. The van der Waals surface area contributed by atoms with Gasteiger partial charge in [-0.05, 0) is 5.56 Å². The van der Waals surface area contributed by atoms with Crippen molar-refractivity contribution in [1.29, 1.82) is 0 Å². The fourth-order valence-corrected chi connectivity index (χ4v) is 0.959. The van der Waals surface area contributed by atoms with Gasteiger partial charge in [0.1, 0.15) is 0 Å². The molecule has 0 aromatic heterocycles. The first-order chi connectivity index (χ1) is 6.20. The fraction of sp³-hybridized carbons (Fsp3) is 0.222. The average Bonchev–Trinajstić information content (AvgIpc) is 2.15. The number of hydrogen-bond donors (Lipinski definition) is 2. The summed E-state index contributed by atoms with van der Waals surface area (Å²) in [6, 6.07) is 9.53. The van der Waals surface area contributed by atoms with Crippen LogP contribution in [0.5, 0.6) is 0 Å². The van der Waals surface area contributed by atoms with Crippen molar-refractivity contribution in [2.75, 3.05) is 7.05 Å². The van der Waals surface area contributed by atoms with Crippen molar-refractivity contribution in [2.24, 2.45) is 0 Å². The number of nitrogens with zero attached hydrogens (tertiary/aromatic N) is 1. The number of nitrogens with one attached hydrogen (secondary N) is 1. The third-order valence-electron chi connectivity index (χ3n) is 1.58. The minimum absolute atomic E-state index is 0.202. The highest BCUT2D eigenvalue weighted by Gasteiger charge is 2.01. The van der Waals surface area contributed by atoms with E-state index >= 15 is 0 Å². The van der Waals surface area contributed by atoms with E-state index in [0.717, 1.165) is 5.56 Å². The molecule has 0 aliphatic rings. The molecule has 3 nitrogen and oxygen atoms in total. The molecular weight excluding hydrogens is 184 g/mol. The molecule has 0 unspecified atom stereocenters. The van der Waals surface area contributed by atoms with E-state index in [2.05, 4.69) is 18.1 Å². The van der Waals surface area contributed by atoms with E-state index in [-0.39, 0.29) is 6.03 Å². The zero-order valence-electron chi connectivity index (χ0n) is 7.40. The van der Waals surface area contributed by atoms with Crippen LogP contribution in [0, 0.1) is 0 Å². The molecule has 2 amide bonds. The molecule has 0 radical (unpaired) electrons. The summed E-state index contributed by atoms with van der Waals surface area (Å²) in [5.41, 5.74) is 1.08. The largest absolute Gasteiger partial charge is 0.333 e. The summed E-state index contributed by atoms with van der Waals surface area (Å²) >= 11 is 3.86. The van der Waals surface area contributed by atoms with Gasteiger partial charge in [0.05, 0.1) is 0 Å². The van der Waals surface area contributed by atoms with E-state index in [0.29, 0.717) is 6.54 Å². The molecule has 0 fully saturated rings. The van der Waals surface area contributed by atoms with E-state index in [1.54, 1.807) is 7.05 Å². The standard InChI is InChI=1S/C9H12N2OS/c1-11(13)9(12)10-7-8-5-3-2-4-6-8/h2-6,13H,7H2,1H3,(H,10,12). The predicted octanol–water partition coefficient (Wildman–Crippen LogP) is 1.67. The minimum atomic E-state index is -0.202. The van der Waals surface area contributed by atoms with Crippen LogP contribution in [-0.4, -0.2) is 17.4 Å². The van der Waals surface area contributed by atoms with Crippen LogP contribution in [0.1, 0.15) is 5.56 Å². The first-order valence-electron chi connectivity index (χ1n) is 3.94. The van der Waals surface area contributed by atoms with Crippen molar-refractivity contribution in [3.05, 3.63) is 35.9 Å². The summed E-state index contributed by atoms with van der Waals surface area (Å²) in [5.74, 6) is 0. The van der Waals surface area contributed by atoms with E-state index < -0.39 is 0 Å². The second-order valence-electron chi connectivity index (χ2n) is 2.67. The fourth-order valence-electron chi connectivity index (χ4n) is 0.888. The molecule has 0 heterocycles.